The van der Waals surface area contributed by atoms with E-state index in [-0.39, 0.29) is 18.8 Å². The molecule has 0 amide bonds. The number of carbonyl (C=O) groups excluding carboxylic acids is 1. The minimum atomic E-state index is -0.804. The van der Waals surface area contributed by atoms with Crippen molar-refractivity contribution in [2.45, 2.75) is 19.4 Å². The molecule has 2 N–H and O–H groups in total. The summed E-state index contributed by atoms with van der Waals surface area (Å²) in [5, 5.41) is 0. The summed E-state index contributed by atoms with van der Waals surface area (Å²) in [6.45, 7) is 1.98. The summed E-state index contributed by atoms with van der Waals surface area (Å²) in [7, 11) is 0. The smallest absolute Gasteiger partial charge is 0.323 e. The van der Waals surface area contributed by atoms with Crippen LogP contribution in [0.5, 0.6) is 0 Å². The van der Waals surface area contributed by atoms with Gasteiger partial charge in [-0.15, -0.1) is 0 Å². The molecule has 0 saturated carbocycles. The fourth-order valence-corrected chi connectivity index (χ4v) is 1.23. The molecule has 0 fully saturated rings. The molecule has 0 aromatic heterocycles. The second-order valence-corrected chi connectivity index (χ2v) is 3.15. The molecule has 3 nitrogen and oxygen atoms in total. The number of hydrogen-bond donors (Lipinski definition) is 1. The Bertz CT molecular complexity index is 341. The molecule has 0 unspecified atom stereocenters. The molecule has 1 rings (SSSR count). The van der Waals surface area contributed by atoms with Crippen LogP contribution in [0.3, 0.4) is 0 Å². The van der Waals surface area contributed by atoms with Crippen LogP contribution in [0.2, 0.25) is 0 Å². The van der Waals surface area contributed by atoms with Crippen LogP contribution in [0.25, 0.3) is 0 Å². The second kappa shape index (κ2) is 5.46. The Balaban J connectivity index is 2.62. The lowest BCUT2D eigenvalue weighted by atomic mass is 10.1. The van der Waals surface area contributed by atoms with E-state index in [2.05, 4.69) is 0 Å². The van der Waals surface area contributed by atoms with Gasteiger partial charge in [-0.05, 0) is 18.6 Å². The van der Waals surface area contributed by atoms with E-state index in [9.17, 15) is 9.18 Å². The lowest BCUT2D eigenvalue weighted by molar-refractivity contribution is -0.144. The summed E-state index contributed by atoms with van der Waals surface area (Å²) >= 11 is 0. The third-order valence-corrected chi connectivity index (χ3v) is 1.99. The van der Waals surface area contributed by atoms with Crippen molar-refractivity contribution < 1.29 is 13.9 Å². The van der Waals surface area contributed by atoms with Gasteiger partial charge in [-0.2, -0.15) is 0 Å². The van der Waals surface area contributed by atoms with Gasteiger partial charge in [0.1, 0.15) is 11.9 Å². The molecule has 4 heteroatoms. The van der Waals surface area contributed by atoms with Crippen molar-refractivity contribution in [3.8, 4) is 0 Å². The Morgan fingerprint density at radius 3 is 2.80 bits per heavy atom. The summed E-state index contributed by atoms with van der Waals surface area (Å²) in [6.07, 6.45) is 0.158. The van der Waals surface area contributed by atoms with Gasteiger partial charge in [-0.1, -0.05) is 18.2 Å². The van der Waals surface area contributed by atoms with Gasteiger partial charge in [-0.3, -0.25) is 4.79 Å². The fourth-order valence-electron chi connectivity index (χ4n) is 1.23. The van der Waals surface area contributed by atoms with Crippen molar-refractivity contribution in [2.75, 3.05) is 6.61 Å². The highest BCUT2D eigenvalue weighted by Crippen LogP contribution is 2.08. The zero-order valence-corrected chi connectivity index (χ0v) is 8.57. The largest absolute Gasteiger partial charge is 0.465 e. The molecule has 1 atom stereocenters. The van der Waals surface area contributed by atoms with E-state index in [1.807, 2.05) is 0 Å². The van der Waals surface area contributed by atoms with Crippen molar-refractivity contribution in [3.05, 3.63) is 35.6 Å². The van der Waals surface area contributed by atoms with Gasteiger partial charge in [-0.25, -0.2) is 4.39 Å². The van der Waals surface area contributed by atoms with Crippen molar-refractivity contribution >= 4 is 5.97 Å². The molecule has 0 saturated heterocycles. The molecule has 0 radical (unpaired) electrons. The molecular formula is C11H14FNO2. The van der Waals surface area contributed by atoms with Gasteiger partial charge < -0.3 is 10.5 Å². The van der Waals surface area contributed by atoms with E-state index >= 15 is 0 Å². The van der Waals surface area contributed by atoms with Crippen LogP contribution in [0.15, 0.2) is 24.3 Å². The summed E-state index contributed by atoms with van der Waals surface area (Å²) < 4.78 is 17.9. The third-order valence-electron chi connectivity index (χ3n) is 1.99. The normalized spacial score (nSPS) is 12.2. The average molecular weight is 211 g/mol. The Morgan fingerprint density at radius 1 is 1.53 bits per heavy atom. The van der Waals surface area contributed by atoms with E-state index < -0.39 is 12.0 Å². The maximum absolute atomic E-state index is 13.2. The number of hydrogen-bond acceptors (Lipinski definition) is 3. The zero-order chi connectivity index (χ0) is 11.3. The average Bonchev–Trinajstić information content (AvgIpc) is 2.21. The van der Waals surface area contributed by atoms with Crippen LogP contribution in [0.4, 0.5) is 4.39 Å². The van der Waals surface area contributed by atoms with Crippen LogP contribution in [-0.4, -0.2) is 18.6 Å². The first kappa shape index (κ1) is 11.7. The Labute approximate surface area is 88.0 Å². The van der Waals surface area contributed by atoms with Crippen molar-refractivity contribution in [3.63, 3.8) is 0 Å². The lowest BCUT2D eigenvalue weighted by Gasteiger charge is -2.10. The van der Waals surface area contributed by atoms with Crippen molar-refractivity contribution in [1.29, 1.82) is 0 Å². The summed E-state index contributed by atoms with van der Waals surface area (Å²) in [4.78, 5) is 11.2. The van der Waals surface area contributed by atoms with Crippen LogP contribution in [0.1, 0.15) is 12.5 Å². The number of ether oxygens (including phenoxy) is 1. The Kier molecular flexibility index (Phi) is 4.24. The molecule has 1 aromatic carbocycles. The first-order valence-electron chi connectivity index (χ1n) is 4.80. The summed E-state index contributed by atoms with van der Waals surface area (Å²) in [5.41, 5.74) is 5.99. The lowest BCUT2D eigenvalue weighted by Crippen LogP contribution is -2.34. The molecule has 0 aliphatic carbocycles. The van der Waals surface area contributed by atoms with E-state index in [0.717, 1.165) is 0 Å². The monoisotopic (exact) mass is 211 g/mol. The van der Waals surface area contributed by atoms with E-state index in [1.54, 1.807) is 25.1 Å². The maximum atomic E-state index is 13.2. The van der Waals surface area contributed by atoms with Gasteiger partial charge in [0.05, 0.1) is 6.61 Å². The first-order chi connectivity index (χ1) is 7.15. The Morgan fingerprint density at radius 2 is 2.20 bits per heavy atom. The highest BCUT2D eigenvalue weighted by Gasteiger charge is 2.16. The molecule has 82 valence electrons. The fraction of sp³-hybridized carbons (Fsp3) is 0.364. The van der Waals surface area contributed by atoms with Crippen molar-refractivity contribution in [2.24, 2.45) is 5.73 Å². The number of carbonyl (C=O) groups is 1. The number of rotatable bonds is 4. The standard InChI is InChI=1S/C11H14FNO2/c1-2-15-11(14)10(13)7-8-5-3-4-6-9(8)12/h3-6,10H,2,7,13H2,1H3/t10-/m1/s1. The van der Waals surface area contributed by atoms with Gasteiger partial charge in [0.15, 0.2) is 0 Å². The van der Waals surface area contributed by atoms with Gasteiger partial charge in [0.25, 0.3) is 0 Å². The number of halogens is 1. The van der Waals surface area contributed by atoms with Crippen LogP contribution in [0, 0.1) is 5.82 Å². The number of esters is 1. The van der Waals surface area contributed by atoms with Gasteiger partial charge >= 0.3 is 5.97 Å². The SMILES string of the molecule is CCOC(=O)[C@H](N)Cc1ccccc1F. The highest BCUT2D eigenvalue weighted by atomic mass is 19.1. The van der Waals surface area contributed by atoms with Crippen LogP contribution < -0.4 is 5.73 Å². The number of benzene rings is 1. The van der Waals surface area contributed by atoms with Gasteiger partial charge in [0, 0.05) is 6.42 Å². The molecule has 0 aliphatic heterocycles. The summed E-state index contributed by atoms with van der Waals surface area (Å²) in [5.74, 6) is -0.849. The molecular weight excluding hydrogens is 197 g/mol. The van der Waals surface area contributed by atoms with Crippen LogP contribution >= 0.6 is 0 Å². The predicted molar refractivity (Wildman–Crippen MR) is 54.7 cm³/mol. The molecule has 0 bridgehead atoms. The minimum absolute atomic E-state index is 0.158. The third kappa shape index (κ3) is 3.32. The predicted octanol–water partition coefficient (Wildman–Crippen LogP) is 1.26. The van der Waals surface area contributed by atoms with Crippen LogP contribution in [-0.2, 0) is 16.0 Å². The molecule has 1 aromatic rings. The second-order valence-electron chi connectivity index (χ2n) is 3.15. The summed E-state index contributed by atoms with van der Waals surface area (Å²) in [6, 6.07) is 5.44. The van der Waals surface area contributed by atoms with E-state index in [1.165, 1.54) is 6.07 Å². The molecule has 15 heavy (non-hydrogen) atoms. The number of nitrogens with two attached hydrogens (primary N) is 1. The topological polar surface area (TPSA) is 52.3 Å². The minimum Gasteiger partial charge on any atom is -0.465 e. The highest BCUT2D eigenvalue weighted by molar-refractivity contribution is 5.75. The van der Waals surface area contributed by atoms with E-state index in [0.29, 0.717) is 5.56 Å². The molecule has 0 spiro atoms. The quantitative estimate of drug-likeness (QED) is 0.763. The maximum Gasteiger partial charge on any atom is 0.323 e. The Hall–Kier alpha value is -1.42. The first-order valence-corrected chi connectivity index (χ1v) is 4.80. The zero-order valence-electron chi connectivity index (χ0n) is 8.57. The molecule has 0 heterocycles. The molecule has 0 aliphatic rings. The van der Waals surface area contributed by atoms with Crippen molar-refractivity contribution in [1.82, 2.24) is 0 Å². The van der Waals surface area contributed by atoms with Gasteiger partial charge in [0.2, 0.25) is 0 Å². The van der Waals surface area contributed by atoms with E-state index in [4.69, 9.17) is 10.5 Å².